The van der Waals surface area contributed by atoms with Gasteiger partial charge in [-0.2, -0.15) is 0 Å². The molecule has 0 bridgehead atoms. The van der Waals surface area contributed by atoms with Crippen LogP contribution in [0.25, 0.3) is 0 Å². The van der Waals surface area contributed by atoms with Crippen molar-refractivity contribution in [1.29, 1.82) is 0 Å². The van der Waals surface area contributed by atoms with Gasteiger partial charge in [0.15, 0.2) is 0 Å². The van der Waals surface area contributed by atoms with Gasteiger partial charge in [-0.05, 0) is 0 Å². The Morgan fingerprint density at radius 1 is 0.464 bits per heavy atom. The van der Waals surface area contributed by atoms with E-state index in [0.717, 1.165) is 0 Å². The third-order valence-electron chi connectivity index (χ3n) is 6.33. The summed E-state index contributed by atoms with van der Waals surface area (Å²) < 4.78 is 0. The summed E-state index contributed by atoms with van der Waals surface area (Å²) in [5, 5.41) is 0. The summed E-state index contributed by atoms with van der Waals surface area (Å²) in [5.41, 5.74) is 0. The third-order valence-corrected chi connectivity index (χ3v) is 10.9. The van der Waals surface area contributed by atoms with Crippen LogP contribution in [0.5, 0.6) is 0 Å². The van der Waals surface area contributed by atoms with E-state index in [9.17, 15) is 4.79 Å². The Morgan fingerprint density at radius 2 is 0.714 bits per heavy atom. The summed E-state index contributed by atoms with van der Waals surface area (Å²) in [4.78, 5) is 12.2. The molecule has 0 aromatic heterocycles. The summed E-state index contributed by atoms with van der Waals surface area (Å²) in [6.07, 6.45) is 28.3. The van der Waals surface area contributed by atoms with Crippen molar-refractivity contribution in [1.82, 2.24) is 0 Å². The van der Waals surface area contributed by atoms with Crippen LogP contribution < -0.4 is 0 Å². The first-order valence-electron chi connectivity index (χ1n) is 12.7. The predicted octanol–water partition coefficient (Wildman–Crippen LogP) is 8.09. The Kier molecular flexibility index (Phi) is 26.8. The summed E-state index contributed by atoms with van der Waals surface area (Å²) in [5.74, 6) is 0. The third kappa shape index (κ3) is 18.9. The van der Waals surface area contributed by atoms with Gasteiger partial charge < -0.3 is 0 Å². The first-order chi connectivity index (χ1) is 13.2. The fraction of sp³-hybridized carbons (Fsp3) is 0.960. The molecular formula is C25H55OPSn. The van der Waals surface area contributed by atoms with Crippen LogP contribution in [-0.2, 0) is 4.79 Å². The second kappa shape index (κ2) is 24.2. The molecule has 0 saturated carbocycles. The Hall–Kier alpha value is 0.899. The van der Waals surface area contributed by atoms with E-state index < -0.39 is 7.26 Å². The maximum atomic E-state index is 12.2. The van der Waals surface area contributed by atoms with E-state index in [1.165, 1.54) is 140 Å². The minimum atomic E-state index is -1.66. The molecule has 0 saturated heterocycles. The molecule has 2 radical (unpaired) electrons. The minimum absolute atomic E-state index is 0. The van der Waals surface area contributed by atoms with Gasteiger partial charge in [0, 0.05) is 0 Å². The number of carbonyl (C=O) groups excluding carboxylic acids is 1. The molecule has 0 unspecified atom stereocenters. The predicted molar refractivity (Wildman–Crippen MR) is 138 cm³/mol. The molecule has 0 atom stereocenters. The van der Waals surface area contributed by atoms with E-state index in [1.807, 2.05) is 0 Å². The molecule has 0 rings (SSSR count). The molecule has 0 amide bonds. The van der Waals surface area contributed by atoms with Gasteiger partial charge in [-0.15, -0.1) is 0 Å². The van der Waals surface area contributed by atoms with Crippen LogP contribution in [0, 0.1) is 0 Å². The quantitative estimate of drug-likeness (QED) is 0.0609. The van der Waals surface area contributed by atoms with Gasteiger partial charge in [0.1, 0.15) is 0 Å². The van der Waals surface area contributed by atoms with E-state index in [4.69, 9.17) is 0 Å². The van der Waals surface area contributed by atoms with E-state index in [1.54, 1.807) is 0 Å². The van der Waals surface area contributed by atoms with Gasteiger partial charge in [0.05, 0.1) is 0 Å². The fourth-order valence-electron chi connectivity index (χ4n) is 4.32. The van der Waals surface area contributed by atoms with Crippen molar-refractivity contribution in [2.75, 3.05) is 18.5 Å². The number of hydrogen-bond donors (Lipinski definition) is 0. The number of rotatable bonds is 22. The van der Waals surface area contributed by atoms with Crippen molar-refractivity contribution in [3.8, 4) is 0 Å². The molecule has 0 aliphatic carbocycles. The topological polar surface area (TPSA) is 17.1 Å². The second-order valence-corrected chi connectivity index (χ2v) is 13.5. The molecule has 0 N–H and O–H groups in total. The van der Waals surface area contributed by atoms with Gasteiger partial charge in [0.25, 0.3) is 0 Å². The summed E-state index contributed by atoms with van der Waals surface area (Å²) >= 11 is 0. The van der Waals surface area contributed by atoms with Gasteiger partial charge in [-0.1, -0.05) is 0 Å². The van der Waals surface area contributed by atoms with Crippen LogP contribution in [0.2, 0.25) is 0 Å². The molecule has 0 fully saturated rings. The standard InChI is InChI=1S/C25H53OP.Sn.2H/c1-4-7-10-13-16-19-22-27(25-26,23-20-17-14-11-8-5-2)24-21-18-15-12-9-6-3;;;/h25,27H,4-24H2,1-3H3;;;. The van der Waals surface area contributed by atoms with Gasteiger partial charge in [0.2, 0.25) is 0 Å². The van der Waals surface area contributed by atoms with Gasteiger partial charge >= 0.3 is 197 Å². The van der Waals surface area contributed by atoms with Crippen LogP contribution in [0.1, 0.15) is 136 Å². The monoisotopic (exact) mass is 522 g/mol. The van der Waals surface area contributed by atoms with E-state index >= 15 is 0 Å². The summed E-state index contributed by atoms with van der Waals surface area (Å²) in [6, 6.07) is 1.51. The molecule has 28 heavy (non-hydrogen) atoms. The molecule has 0 aromatic carbocycles. The summed E-state index contributed by atoms with van der Waals surface area (Å²) in [7, 11) is -1.66. The number of hydrogen-bond acceptors (Lipinski definition) is 1. The van der Waals surface area contributed by atoms with E-state index in [0.29, 0.717) is 0 Å². The maximum absolute atomic E-state index is 12.2. The van der Waals surface area contributed by atoms with E-state index in [-0.39, 0.29) is 23.9 Å². The average molecular weight is 521 g/mol. The van der Waals surface area contributed by atoms with Crippen molar-refractivity contribution < 1.29 is 4.79 Å². The van der Waals surface area contributed by atoms with Crippen LogP contribution in [0.3, 0.4) is 0 Å². The Bertz CT molecular complexity index is 268. The first kappa shape index (κ1) is 31.1. The first-order valence-corrected chi connectivity index (χ1v) is 15.4. The van der Waals surface area contributed by atoms with Crippen LogP contribution >= 0.6 is 7.26 Å². The van der Waals surface area contributed by atoms with Crippen molar-refractivity contribution in [2.24, 2.45) is 0 Å². The SMILES string of the molecule is CCCCCCCC[PH](C=O)(CCCCCCCC)CCCCCCCC.[SnH2]. The van der Waals surface area contributed by atoms with Crippen molar-refractivity contribution >= 4 is 37.2 Å². The second-order valence-electron chi connectivity index (χ2n) is 9.03. The zero-order chi connectivity index (χ0) is 20.1. The Balaban J connectivity index is 0. The molecular weight excluding hydrogens is 466 g/mol. The van der Waals surface area contributed by atoms with Crippen molar-refractivity contribution in [2.45, 2.75) is 136 Å². The fourth-order valence-corrected chi connectivity index (χ4v) is 8.29. The summed E-state index contributed by atoms with van der Waals surface area (Å²) in [6.45, 7) is 6.85. The van der Waals surface area contributed by atoms with Gasteiger partial charge in [-0.3, -0.25) is 0 Å². The molecule has 1 nitrogen and oxygen atoms in total. The molecule has 3 heteroatoms. The van der Waals surface area contributed by atoms with Gasteiger partial charge in [-0.25, -0.2) is 0 Å². The zero-order valence-corrected chi connectivity index (χ0v) is 25.1. The number of unbranched alkanes of at least 4 members (excludes halogenated alkanes) is 15. The molecule has 0 aliphatic heterocycles. The van der Waals surface area contributed by atoms with Crippen LogP contribution in [0.4, 0.5) is 0 Å². The van der Waals surface area contributed by atoms with Crippen LogP contribution in [0.15, 0.2) is 0 Å². The molecule has 0 aromatic rings. The molecule has 0 aliphatic rings. The van der Waals surface area contributed by atoms with Crippen LogP contribution in [-0.4, -0.2) is 48.4 Å². The normalized spacial score (nSPS) is 12.0. The zero-order valence-electron chi connectivity index (χ0n) is 20.0. The molecule has 0 spiro atoms. The van der Waals surface area contributed by atoms with E-state index in [2.05, 4.69) is 20.8 Å². The Morgan fingerprint density at radius 3 is 0.964 bits per heavy atom. The molecule has 0 heterocycles. The number of carbonyl (C=O) groups is 1. The van der Waals surface area contributed by atoms with Crippen molar-refractivity contribution in [3.63, 3.8) is 0 Å². The van der Waals surface area contributed by atoms with Crippen molar-refractivity contribution in [3.05, 3.63) is 0 Å². The average Bonchev–Trinajstić information content (AvgIpc) is 2.69. The Labute approximate surface area is 196 Å². The molecule has 170 valence electrons.